The van der Waals surface area contributed by atoms with Gasteiger partial charge in [-0.2, -0.15) is 0 Å². The van der Waals surface area contributed by atoms with E-state index in [1.54, 1.807) is 39.8 Å². The lowest BCUT2D eigenvalue weighted by atomic mass is 10.2. The highest BCUT2D eigenvalue weighted by Crippen LogP contribution is 2.19. The van der Waals surface area contributed by atoms with Crippen molar-refractivity contribution in [1.82, 2.24) is 5.32 Å². The van der Waals surface area contributed by atoms with Crippen LogP contribution in [-0.2, 0) is 9.53 Å². The third kappa shape index (κ3) is 5.72. The summed E-state index contributed by atoms with van der Waals surface area (Å²) in [6.45, 7) is 8.75. The van der Waals surface area contributed by atoms with E-state index >= 15 is 0 Å². The van der Waals surface area contributed by atoms with Gasteiger partial charge in [-0.1, -0.05) is 6.07 Å². The Kier molecular flexibility index (Phi) is 5.18. The number of nitrogen functional groups attached to an aromatic ring is 1. The number of hydrogen-bond donors (Lipinski definition) is 3. The summed E-state index contributed by atoms with van der Waals surface area (Å²) in [7, 11) is 0. The van der Waals surface area contributed by atoms with Gasteiger partial charge in [-0.3, -0.25) is 4.79 Å². The monoisotopic (exact) mass is 293 g/mol. The van der Waals surface area contributed by atoms with Crippen LogP contribution in [0.25, 0.3) is 0 Å². The smallest absolute Gasteiger partial charge is 0.408 e. The Hall–Kier alpha value is -2.24. The van der Waals surface area contributed by atoms with Gasteiger partial charge in [0.1, 0.15) is 11.6 Å². The van der Waals surface area contributed by atoms with Crippen LogP contribution in [0.1, 0.15) is 33.3 Å². The molecular formula is C15H23N3O3. The van der Waals surface area contributed by atoms with Crippen molar-refractivity contribution in [2.24, 2.45) is 0 Å². The topological polar surface area (TPSA) is 93.5 Å². The third-order valence-corrected chi connectivity index (χ3v) is 2.59. The zero-order chi connectivity index (χ0) is 16.2. The van der Waals surface area contributed by atoms with E-state index in [2.05, 4.69) is 10.6 Å². The van der Waals surface area contributed by atoms with Crippen molar-refractivity contribution in [3.8, 4) is 0 Å². The largest absolute Gasteiger partial charge is 0.444 e. The summed E-state index contributed by atoms with van der Waals surface area (Å²) in [5.74, 6) is -0.364. The second-order valence-corrected chi connectivity index (χ2v) is 5.95. The Bertz CT molecular complexity index is 535. The van der Waals surface area contributed by atoms with Crippen LogP contribution in [0.5, 0.6) is 0 Å². The zero-order valence-corrected chi connectivity index (χ0v) is 13.1. The van der Waals surface area contributed by atoms with Gasteiger partial charge in [-0.15, -0.1) is 0 Å². The van der Waals surface area contributed by atoms with Crippen LogP contribution in [0.2, 0.25) is 0 Å². The first-order valence-electron chi connectivity index (χ1n) is 6.75. The molecule has 1 aromatic rings. The van der Waals surface area contributed by atoms with E-state index in [-0.39, 0.29) is 5.91 Å². The molecule has 116 valence electrons. The molecule has 0 fully saturated rings. The summed E-state index contributed by atoms with van der Waals surface area (Å²) < 4.78 is 5.09. The third-order valence-electron chi connectivity index (χ3n) is 2.59. The molecule has 1 atom stereocenters. The van der Waals surface area contributed by atoms with Crippen molar-refractivity contribution in [3.63, 3.8) is 0 Å². The Labute approximate surface area is 125 Å². The van der Waals surface area contributed by atoms with Gasteiger partial charge in [-0.25, -0.2) is 4.79 Å². The average molecular weight is 293 g/mol. The minimum Gasteiger partial charge on any atom is -0.444 e. The van der Waals surface area contributed by atoms with E-state index in [0.29, 0.717) is 11.4 Å². The van der Waals surface area contributed by atoms with E-state index in [0.717, 1.165) is 5.56 Å². The van der Waals surface area contributed by atoms with Crippen LogP contribution in [0, 0.1) is 6.92 Å². The van der Waals surface area contributed by atoms with Crippen LogP contribution in [0.4, 0.5) is 16.2 Å². The molecule has 0 saturated heterocycles. The minimum atomic E-state index is -0.736. The number of nitrogens with two attached hydrogens (primary N) is 1. The average Bonchev–Trinajstić information content (AvgIpc) is 2.29. The molecule has 0 saturated carbocycles. The highest BCUT2D eigenvalue weighted by molar-refractivity contribution is 5.98. The van der Waals surface area contributed by atoms with Gasteiger partial charge < -0.3 is 21.1 Å². The van der Waals surface area contributed by atoms with Crippen molar-refractivity contribution in [1.29, 1.82) is 0 Å². The van der Waals surface area contributed by atoms with Gasteiger partial charge in [0.05, 0.1) is 11.4 Å². The predicted molar refractivity (Wildman–Crippen MR) is 83.1 cm³/mol. The number of aryl methyl sites for hydroxylation is 1. The number of hydrogen-bond acceptors (Lipinski definition) is 4. The van der Waals surface area contributed by atoms with Gasteiger partial charge in [0.15, 0.2) is 0 Å². The fourth-order valence-electron chi connectivity index (χ4n) is 1.59. The van der Waals surface area contributed by atoms with Gasteiger partial charge in [0, 0.05) is 0 Å². The molecule has 0 bridgehead atoms. The molecule has 1 rings (SSSR count). The van der Waals surface area contributed by atoms with Crippen molar-refractivity contribution >= 4 is 23.4 Å². The van der Waals surface area contributed by atoms with Crippen molar-refractivity contribution < 1.29 is 14.3 Å². The number of alkyl carbamates (subject to hydrolysis) is 1. The summed E-state index contributed by atoms with van der Waals surface area (Å²) in [6, 6.07) is 4.60. The number of amides is 2. The van der Waals surface area contributed by atoms with Crippen LogP contribution in [-0.4, -0.2) is 23.6 Å². The fourth-order valence-corrected chi connectivity index (χ4v) is 1.59. The lowest BCUT2D eigenvalue weighted by Crippen LogP contribution is -2.44. The van der Waals surface area contributed by atoms with E-state index in [1.807, 2.05) is 13.0 Å². The maximum atomic E-state index is 12.0. The van der Waals surface area contributed by atoms with Crippen molar-refractivity contribution in [2.75, 3.05) is 11.1 Å². The second-order valence-electron chi connectivity index (χ2n) is 5.95. The van der Waals surface area contributed by atoms with E-state index in [4.69, 9.17) is 10.5 Å². The van der Waals surface area contributed by atoms with E-state index < -0.39 is 17.7 Å². The normalized spacial score (nSPS) is 12.4. The molecule has 0 aliphatic rings. The first-order chi connectivity index (χ1) is 9.58. The number of carbonyl (C=O) groups is 2. The van der Waals surface area contributed by atoms with E-state index in [1.165, 1.54) is 0 Å². The molecule has 1 unspecified atom stereocenters. The Balaban J connectivity index is 2.61. The number of anilines is 2. The van der Waals surface area contributed by atoms with Crippen LogP contribution in [0.3, 0.4) is 0 Å². The molecule has 1 aromatic carbocycles. The van der Waals surface area contributed by atoms with Crippen molar-refractivity contribution in [3.05, 3.63) is 23.8 Å². The summed E-state index contributed by atoms with van der Waals surface area (Å²) in [4.78, 5) is 23.6. The molecule has 0 aliphatic heterocycles. The summed E-state index contributed by atoms with van der Waals surface area (Å²) in [5, 5.41) is 5.14. The second kappa shape index (κ2) is 6.47. The minimum absolute atomic E-state index is 0.364. The molecular weight excluding hydrogens is 270 g/mol. The SMILES string of the molecule is Cc1ccc(NC(=O)C(C)NC(=O)OC(C)(C)C)c(N)c1. The Morgan fingerprint density at radius 1 is 1.29 bits per heavy atom. The first kappa shape index (κ1) is 16.8. The highest BCUT2D eigenvalue weighted by atomic mass is 16.6. The number of ether oxygens (including phenoxy) is 1. The summed E-state index contributed by atoms with van der Waals surface area (Å²) >= 11 is 0. The zero-order valence-electron chi connectivity index (χ0n) is 13.1. The number of carbonyl (C=O) groups excluding carboxylic acids is 2. The molecule has 0 aliphatic carbocycles. The molecule has 6 heteroatoms. The molecule has 0 spiro atoms. The van der Waals surface area contributed by atoms with Gasteiger partial charge in [0.25, 0.3) is 0 Å². The van der Waals surface area contributed by atoms with Gasteiger partial charge >= 0.3 is 6.09 Å². The molecule has 6 nitrogen and oxygen atoms in total. The van der Waals surface area contributed by atoms with Crippen LogP contribution >= 0.6 is 0 Å². The number of nitrogens with one attached hydrogen (secondary N) is 2. The molecule has 0 aromatic heterocycles. The molecule has 2 amide bonds. The maximum absolute atomic E-state index is 12.0. The Morgan fingerprint density at radius 2 is 1.90 bits per heavy atom. The fraction of sp³-hybridized carbons (Fsp3) is 0.467. The molecule has 0 heterocycles. The van der Waals surface area contributed by atoms with Crippen LogP contribution < -0.4 is 16.4 Å². The highest BCUT2D eigenvalue weighted by Gasteiger charge is 2.21. The van der Waals surface area contributed by atoms with Crippen molar-refractivity contribution in [2.45, 2.75) is 46.3 Å². The van der Waals surface area contributed by atoms with E-state index in [9.17, 15) is 9.59 Å². The van der Waals surface area contributed by atoms with Crippen LogP contribution in [0.15, 0.2) is 18.2 Å². The van der Waals surface area contributed by atoms with Gasteiger partial charge in [-0.05, 0) is 52.3 Å². The lowest BCUT2D eigenvalue weighted by Gasteiger charge is -2.21. The Morgan fingerprint density at radius 3 is 2.43 bits per heavy atom. The molecule has 0 radical (unpaired) electrons. The predicted octanol–water partition coefficient (Wildman–Crippen LogP) is 2.43. The maximum Gasteiger partial charge on any atom is 0.408 e. The number of benzene rings is 1. The molecule has 4 N–H and O–H groups in total. The standard InChI is InChI=1S/C15H23N3O3/c1-9-6-7-12(11(16)8-9)18-13(19)10(2)17-14(20)21-15(3,4)5/h6-8,10H,16H2,1-5H3,(H,17,20)(H,18,19). The summed E-state index contributed by atoms with van der Waals surface area (Å²) in [6.07, 6.45) is -0.637. The summed E-state index contributed by atoms with van der Waals surface area (Å²) in [5.41, 5.74) is 7.22. The lowest BCUT2D eigenvalue weighted by molar-refractivity contribution is -0.117. The quantitative estimate of drug-likeness (QED) is 0.746. The first-order valence-corrected chi connectivity index (χ1v) is 6.75. The molecule has 21 heavy (non-hydrogen) atoms. The number of rotatable bonds is 3. The van der Waals surface area contributed by atoms with Gasteiger partial charge in [0.2, 0.25) is 5.91 Å².